The van der Waals surface area contributed by atoms with E-state index in [-0.39, 0.29) is 5.82 Å². The second-order valence-electron chi connectivity index (χ2n) is 8.04. The highest BCUT2D eigenvalue weighted by Crippen LogP contribution is 2.30. The molecule has 0 spiro atoms. The maximum absolute atomic E-state index is 15.0. The van der Waals surface area contributed by atoms with E-state index in [9.17, 15) is 4.39 Å². The highest BCUT2D eigenvalue weighted by molar-refractivity contribution is 5.93. The normalized spacial score (nSPS) is 14.4. The van der Waals surface area contributed by atoms with Crippen LogP contribution in [-0.2, 0) is 17.8 Å². The molecule has 5 rings (SSSR count). The number of nitrogens with zero attached hydrogens (tertiary/aromatic N) is 5. The van der Waals surface area contributed by atoms with Crippen LogP contribution in [0, 0.1) is 5.82 Å². The Morgan fingerprint density at radius 1 is 1.12 bits per heavy atom. The first-order valence-corrected chi connectivity index (χ1v) is 10.7. The Kier molecular flexibility index (Phi) is 5.79. The van der Waals surface area contributed by atoms with Gasteiger partial charge in [-0.25, -0.2) is 14.4 Å². The summed E-state index contributed by atoms with van der Waals surface area (Å²) in [5.74, 6) is 0.877. The summed E-state index contributed by atoms with van der Waals surface area (Å²) in [5.41, 5.74) is 3.25. The van der Waals surface area contributed by atoms with Gasteiger partial charge in [0, 0.05) is 61.7 Å². The molecule has 0 amide bonds. The number of halogens is 1. The average molecular weight is 433 g/mol. The number of aromatic nitrogens is 4. The molecule has 4 aromatic rings. The number of fused-ring (bicyclic) bond motifs is 1. The van der Waals surface area contributed by atoms with E-state index in [0.29, 0.717) is 31.1 Å². The second kappa shape index (κ2) is 9.02. The summed E-state index contributed by atoms with van der Waals surface area (Å²) in [6.45, 7) is 4.14. The van der Waals surface area contributed by atoms with Crippen molar-refractivity contribution in [1.29, 1.82) is 0 Å². The van der Waals surface area contributed by atoms with Crippen molar-refractivity contribution in [3.63, 3.8) is 0 Å². The highest BCUT2D eigenvalue weighted by Gasteiger charge is 2.20. The summed E-state index contributed by atoms with van der Waals surface area (Å²) in [5, 5.41) is 0.777. The van der Waals surface area contributed by atoms with Crippen LogP contribution in [-0.4, -0.2) is 58.2 Å². The summed E-state index contributed by atoms with van der Waals surface area (Å²) in [6.07, 6.45) is 5.44. The van der Waals surface area contributed by atoms with Gasteiger partial charge in [-0.15, -0.1) is 0 Å². The zero-order valence-corrected chi connectivity index (χ0v) is 18.0. The van der Waals surface area contributed by atoms with E-state index in [1.165, 1.54) is 6.07 Å². The minimum absolute atomic E-state index is 0.328. The Hall–Kier alpha value is -3.36. The second-order valence-corrected chi connectivity index (χ2v) is 8.04. The molecule has 1 saturated heterocycles. The Morgan fingerprint density at radius 2 is 2.00 bits per heavy atom. The van der Waals surface area contributed by atoms with Crippen molar-refractivity contribution in [3.05, 3.63) is 72.1 Å². The van der Waals surface area contributed by atoms with Gasteiger partial charge >= 0.3 is 0 Å². The van der Waals surface area contributed by atoms with Crippen molar-refractivity contribution in [2.45, 2.75) is 13.1 Å². The van der Waals surface area contributed by atoms with Gasteiger partial charge in [0.2, 0.25) is 0 Å². The molecule has 0 bridgehead atoms. The number of ether oxygens (including phenoxy) is 1. The monoisotopic (exact) mass is 432 g/mol. The van der Waals surface area contributed by atoms with Crippen LogP contribution in [0.3, 0.4) is 0 Å². The fraction of sp³-hybridized carbons (Fsp3) is 0.292. The first kappa shape index (κ1) is 20.5. The molecule has 4 heterocycles. The molecule has 0 saturated carbocycles. The predicted octanol–water partition coefficient (Wildman–Crippen LogP) is 3.63. The molecule has 1 N–H and O–H groups in total. The van der Waals surface area contributed by atoms with Gasteiger partial charge in [-0.2, -0.15) is 0 Å². The Balaban J connectivity index is 1.53. The fourth-order valence-electron chi connectivity index (χ4n) is 4.10. The van der Waals surface area contributed by atoms with E-state index >= 15 is 0 Å². The lowest BCUT2D eigenvalue weighted by atomic mass is 10.1. The van der Waals surface area contributed by atoms with Gasteiger partial charge < -0.3 is 14.6 Å². The molecule has 0 radical (unpaired) electrons. The van der Waals surface area contributed by atoms with Crippen LogP contribution in [0.5, 0.6) is 0 Å². The van der Waals surface area contributed by atoms with Gasteiger partial charge in [0.1, 0.15) is 11.6 Å². The van der Waals surface area contributed by atoms with Crippen LogP contribution in [0.25, 0.3) is 22.3 Å². The van der Waals surface area contributed by atoms with Crippen molar-refractivity contribution in [1.82, 2.24) is 24.8 Å². The van der Waals surface area contributed by atoms with Crippen LogP contribution in [0.4, 0.5) is 10.2 Å². The number of pyridine rings is 1. The summed E-state index contributed by atoms with van der Waals surface area (Å²) < 4.78 is 20.5. The Morgan fingerprint density at radius 3 is 2.81 bits per heavy atom. The maximum Gasteiger partial charge on any atom is 0.165 e. The predicted molar refractivity (Wildman–Crippen MR) is 122 cm³/mol. The standard InChI is InChI=1S/C24H25FN6O/c1-30(15-17-3-2-7-26-14-17)16-18-13-22(31-9-11-32-12-10-31)29-24(28-18)23-19-6-8-27-21(19)5-4-20(23)25/h2-8,13-14,27H,9-12,15-16H2,1H3. The number of H-pyrrole nitrogens is 1. The maximum atomic E-state index is 15.0. The lowest BCUT2D eigenvalue weighted by Crippen LogP contribution is -2.37. The molecule has 0 aliphatic carbocycles. The molecular formula is C24H25FN6O. The lowest BCUT2D eigenvalue weighted by Gasteiger charge is -2.28. The van der Waals surface area contributed by atoms with Gasteiger partial charge in [-0.1, -0.05) is 6.07 Å². The Labute approximate surface area is 185 Å². The van der Waals surface area contributed by atoms with Crippen LogP contribution < -0.4 is 4.90 Å². The summed E-state index contributed by atoms with van der Waals surface area (Å²) >= 11 is 0. The van der Waals surface area contributed by atoms with Crippen LogP contribution in [0.1, 0.15) is 11.3 Å². The molecule has 32 heavy (non-hydrogen) atoms. The Bertz CT molecular complexity index is 1210. The largest absolute Gasteiger partial charge is 0.378 e. The van der Waals surface area contributed by atoms with E-state index in [1.54, 1.807) is 12.3 Å². The minimum Gasteiger partial charge on any atom is -0.378 e. The minimum atomic E-state index is -0.328. The smallest absolute Gasteiger partial charge is 0.165 e. The number of rotatable bonds is 6. The molecule has 8 heteroatoms. The van der Waals surface area contributed by atoms with Crippen molar-refractivity contribution < 1.29 is 9.13 Å². The number of morpholine rings is 1. The van der Waals surface area contributed by atoms with Gasteiger partial charge in [-0.3, -0.25) is 9.88 Å². The number of hydrogen-bond acceptors (Lipinski definition) is 6. The molecular weight excluding hydrogens is 407 g/mol. The molecule has 0 unspecified atom stereocenters. The molecule has 7 nitrogen and oxygen atoms in total. The SMILES string of the molecule is CN(Cc1cccnc1)Cc1cc(N2CCOCC2)nc(-c2c(F)ccc3[nH]ccc23)n1. The number of aromatic amines is 1. The van der Waals surface area contributed by atoms with Gasteiger partial charge in [0.25, 0.3) is 0 Å². The van der Waals surface area contributed by atoms with Gasteiger partial charge in [0.15, 0.2) is 5.82 Å². The van der Waals surface area contributed by atoms with Crippen LogP contribution in [0.15, 0.2) is 55.0 Å². The van der Waals surface area contributed by atoms with E-state index in [2.05, 4.69) is 25.8 Å². The van der Waals surface area contributed by atoms with E-state index < -0.39 is 0 Å². The molecule has 1 aliphatic heterocycles. The van der Waals surface area contributed by atoms with Crippen molar-refractivity contribution >= 4 is 16.7 Å². The van der Waals surface area contributed by atoms with E-state index in [0.717, 1.165) is 47.6 Å². The molecule has 3 aromatic heterocycles. The van der Waals surface area contributed by atoms with Gasteiger partial charge in [-0.05, 0) is 36.9 Å². The van der Waals surface area contributed by atoms with Crippen molar-refractivity contribution in [2.24, 2.45) is 0 Å². The summed E-state index contributed by atoms with van der Waals surface area (Å²) in [7, 11) is 2.04. The summed E-state index contributed by atoms with van der Waals surface area (Å²) in [6, 6.07) is 11.1. The zero-order chi connectivity index (χ0) is 21.9. The number of anilines is 1. The third-order valence-corrected chi connectivity index (χ3v) is 5.62. The number of nitrogens with one attached hydrogen (secondary N) is 1. The quantitative estimate of drug-likeness (QED) is 0.502. The topological polar surface area (TPSA) is 70.2 Å². The lowest BCUT2D eigenvalue weighted by molar-refractivity contribution is 0.122. The third kappa shape index (κ3) is 4.32. The van der Waals surface area contributed by atoms with Crippen molar-refractivity contribution in [3.8, 4) is 11.4 Å². The average Bonchev–Trinajstić information content (AvgIpc) is 3.28. The van der Waals surface area contributed by atoms with Crippen LogP contribution in [0.2, 0.25) is 0 Å². The molecule has 1 aliphatic rings. The first-order valence-electron chi connectivity index (χ1n) is 10.7. The molecule has 1 fully saturated rings. The summed E-state index contributed by atoms with van der Waals surface area (Å²) in [4.78, 5) is 21.3. The first-order chi connectivity index (χ1) is 15.7. The number of benzene rings is 1. The van der Waals surface area contributed by atoms with E-state index in [4.69, 9.17) is 14.7 Å². The number of hydrogen-bond donors (Lipinski definition) is 1. The molecule has 1 aromatic carbocycles. The highest BCUT2D eigenvalue weighted by atomic mass is 19.1. The molecule has 0 atom stereocenters. The third-order valence-electron chi connectivity index (χ3n) is 5.62. The van der Waals surface area contributed by atoms with Crippen molar-refractivity contribution in [2.75, 3.05) is 38.3 Å². The molecule has 164 valence electrons. The van der Waals surface area contributed by atoms with E-state index in [1.807, 2.05) is 37.6 Å². The van der Waals surface area contributed by atoms with Crippen LogP contribution >= 0.6 is 0 Å². The van der Waals surface area contributed by atoms with Gasteiger partial charge in [0.05, 0.1) is 24.5 Å². The fourth-order valence-corrected chi connectivity index (χ4v) is 4.10. The zero-order valence-electron chi connectivity index (χ0n) is 18.0.